The lowest BCUT2D eigenvalue weighted by Gasteiger charge is -2.68. The number of allylic oxidation sites excluding steroid dienone is 2. The number of cyclic esters (lactones) is 1. The van der Waals surface area contributed by atoms with Crippen LogP contribution in [-0.4, -0.2) is 78.2 Å². The number of ketones is 1. The SMILES string of the molecule is CNC(=O)[C@@H]1[C@@H]2C(=O)OC[C@@]23C=C[C@@H]1[C@]1(C)[C@@H]3[C@H](OC(C)=O)[C@]2(O)CC(=O)C(C)=C([C@@H](OC(C)=O)[C@@H]1OC(C)=O)C2(C)C. The summed E-state index contributed by atoms with van der Waals surface area (Å²) in [6, 6.07) is 0. The third-order valence-electron chi connectivity index (χ3n) is 11.0. The van der Waals surface area contributed by atoms with Gasteiger partial charge in [-0.1, -0.05) is 32.9 Å². The van der Waals surface area contributed by atoms with Crippen molar-refractivity contribution in [3.63, 3.8) is 0 Å². The van der Waals surface area contributed by atoms with E-state index in [2.05, 4.69) is 5.32 Å². The summed E-state index contributed by atoms with van der Waals surface area (Å²) in [5.74, 6) is -7.69. The van der Waals surface area contributed by atoms with Gasteiger partial charge in [0, 0.05) is 56.4 Å². The lowest BCUT2D eigenvalue weighted by molar-refractivity contribution is -0.274. The van der Waals surface area contributed by atoms with E-state index in [0.717, 1.165) is 0 Å². The van der Waals surface area contributed by atoms with Crippen LogP contribution in [0.5, 0.6) is 0 Å². The molecule has 12 heteroatoms. The smallest absolute Gasteiger partial charge is 0.310 e. The van der Waals surface area contributed by atoms with Crippen molar-refractivity contribution < 1.29 is 52.8 Å². The molecule has 43 heavy (non-hydrogen) atoms. The van der Waals surface area contributed by atoms with E-state index in [4.69, 9.17) is 18.9 Å². The molecule has 5 aliphatic carbocycles. The zero-order valence-corrected chi connectivity index (χ0v) is 25.6. The highest BCUT2D eigenvalue weighted by molar-refractivity contribution is 5.98. The summed E-state index contributed by atoms with van der Waals surface area (Å²) in [7, 11) is 1.45. The lowest BCUT2D eigenvalue weighted by Crippen LogP contribution is -2.77. The van der Waals surface area contributed by atoms with Crippen molar-refractivity contribution in [2.24, 2.45) is 39.9 Å². The Balaban J connectivity index is 1.96. The first-order valence-corrected chi connectivity index (χ1v) is 14.5. The summed E-state index contributed by atoms with van der Waals surface area (Å²) < 4.78 is 23.7. The molecular weight excluding hydrogens is 562 g/mol. The minimum absolute atomic E-state index is 0.219. The van der Waals surface area contributed by atoms with E-state index in [1.54, 1.807) is 39.8 Å². The number of aliphatic hydroxyl groups is 1. The minimum Gasteiger partial charge on any atom is -0.464 e. The van der Waals surface area contributed by atoms with Gasteiger partial charge in [0.2, 0.25) is 5.91 Å². The Bertz CT molecular complexity index is 1400. The number of esters is 4. The second-order valence-electron chi connectivity index (χ2n) is 13.3. The molecule has 1 heterocycles. The highest BCUT2D eigenvalue weighted by atomic mass is 16.6. The maximum Gasteiger partial charge on any atom is 0.310 e. The van der Waals surface area contributed by atoms with Gasteiger partial charge in [-0.15, -0.1) is 0 Å². The molecule has 0 aromatic rings. The Morgan fingerprint density at radius 3 is 2.12 bits per heavy atom. The van der Waals surface area contributed by atoms with E-state index in [-0.39, 0.29) is 17.8 Å². The molecular formula is C31H39NO11. The van der Waals surface area contributed by atoms with E-state index in [1.165, 1.54) is 27.8 Å². The molecule has 234 valence electrons. The van der Waals surface area contributed by atoms with Crippen LogP contribution in [0.3, 0.4) is 0 Å². The first-order valence-electron chi connectivity index (χ1n) is 14.5. The van der Waals surface area contributed by atoms with Crippen molar-refractivity contribution in [2.75, 3.05) is 13.7 Å². The molecule has 10 atom stereocenters. The second-order valence-corrected chi connectivity index (χ2v) is 13.3. The number of amides is 1. The third kappa shape index (κ3) is 3.90. The number of rotatable bonds is 4. The normalized spacial score (nSPS) is 42.1. The van der Waals surface area contributed by atoms with Crippen LogP contribution in [-0.2, 0) is 47.7 Å². The maximum atomic E-state index is 13.7. The zero-order chi connectivity index (χ0) is 32.0. The first kappa shape index (κ1) is 30.9. The maximum absolute atomic E-state index is 13.7. The van der Waals surface area contributed by atoms with Crippen molar-refractivity contribution in [1.29, 1.82) is 0 Å². The predicted octanol–water partition coefficient (Wildman–Crippen LogP) is 1.19. The molecule has 1 aliphatic heterocycles. The predicted molar refractivity (Wildman–Crippen MR) is 146 cm³/mol. The fraction of sp³-hybridized carbons (Fsp3) is 0.677. The van der Waals surface area contributed by atoms with Gasteiger partial charge in [-0.05, 0) is 24.0 Å². The van der Waals surface area contributed by atoms with Crippen molar-refractivity contribution in [1.82, 2.24) is 5.32 Å². The van der Waals surface area contributed by atoms with Crippen molar-refractivity contribution in [2.45, 2.75) is 78.8 Å². The zero-order valence-electron chi connectivity index (χ0n) is 25.6. The van der Waals surface area contributed by atoms with E-state index in [1.807, 2.05) is 0 Å². The molecule has 1 saturated heterocycles. The van der Waals surface area contributed by atoms with E-state index >= 15 is 0 Å². The van der Waals surface area contributed by atoms with Gasteiger partial charge in [-0.25, -0.2) is 0 Å². The van der Waals surface area contributed by atoms with E-state index < -0.39 is 106 Å². The third-order valence-corrected chi connectivity index (χ3v) is 11.0. The Hall–Kier alpha value is -3.54. The van der Waals surface area contributed by atoms with Gasteiger partial charge >= 0.3 is 23.9 Å². The van der Waals surface area contributed by atoms with Crippen molar-refractivity contribution in [3.8, 4) is 0 Å². The largest absolute Gasteiger partial charge is 0.464 e. The van der Waals surface area contributed by atoms with Crippen LogP contribution in [0, 0.1) is 39.9 Å². The fourth-order valence-electron chi connectivity index (χ4n) is 9.30. The average Bonchev–Trinajstić information content (AvgIpc) is 3.24. The standard InChI is InChI=1S/C31H39NO11/c1-13-18(36)11-31(39)25(43-16(4)35)23-29(7,24(42-15(3)34)22(41-14(2)33)20(13)28(31,5)6)17-9-10-30(23)12-40-27(38)21(30)19(17)26(37)32-8/h9-10,17,19,21-25,39H,11-12H2,1-8H3,(H,32,37)/t17-,19-,21+,22+,23-,24-,25-,29+,30-,31+/m0/s1. The van der Waals surface area contributed by atoms with Gasteiger partial charge in [0.25, 0.3) is 0 Å². The first-order chi connectivity index (χ1) is 19.9. The molecule has 0 unspecified atom stereocenters. The molecule has 4 bridgehead atoms. The monoisotopic (exact) mass is 601 g/mol. The molecule has 12 nitrogen and oxygen atoms in total. The second kappa shape index (κ2) is 9.73. The molecule has 0 aromatic carbocycles. The summed E-state index contributed by atoms with van der Waals surface area (Å²) in [5, 5.41) is 15.5. The molecule has 6 aliphatic rings. The Kier molecular flexibility index (Phi) is 7.00. The summed E-state index contributed by atoms with van der Waals surface area (Å²) >= 11 is 0. The average molecular weight is 602 g/mol. The van der Waals surface area contributed by atoms with Crippen LogP contribution >= 0.6 is 0 Å². The summed E-state index contributed by atoms with van der Waals surface area (Å²) in [5.41, 5.74) is -5.77. The van der Waals surface area contributed by atoms with Gasteiger partial charge in [-0.3, -0.25) is 28.8 Å². The van der Waals surface area contributed by atoms with Crippen LogP contribution in [0.4, 0.5) is 0 Å². The van der Waals surface area contributed by atoms with Crippen LogP contribution in [0.15, 0.2) is 23.3 Å². The molecule has 2 saturated carbocycles. The highest BCUT2D eigenvalue weighted by Crippen LogP contribution is 2.72. The number of hydrogen-bond donors (Lipinski definition) is 2. The van der Waals surface area contributed by atoms with Gasteiger partial charge in [0.05, 0.1) is 11.8 Å². The highest BCUT2D eigenvalue weighted by Gasteiger charge is 2.80. The minimum atomic E-state index is -2.07. The molecule has 1 amide bonds. The van der Waals surface area contributed by atoms with Crippen molar-refractivity contribution >= 4 is 35.6 Å². The molecule has 1 spiro atoms. The topological polar surface area (TPSA) is 172 Å². The number of ether oxygens (including phenoxy) is 4. The molecule has 6 rings (SSSR count). The summed E-state index contributed by atoms with van der Waals surface area (Å²) in [6.07, 6.45) is -1.04. The number of Topliss-reactive ketones (excluding diaryl/α,β-unsaturated/α-hetero) is 1. The summed E-state index contributed by atoms with van der Waals surface area (Å²) in [6.45, 7) is 9.95. The van der Waals surface area contributed by atoms with Crippen LogP contribution in [0.25, 0.3) is 0 Å². The number of carbonyl (C=O) groups is 6. The number of nitrogens with one attached hydrogen (secondary N) is 1. The van der Waals surface area contributed by atoms with Crippen LogP contribution in [0.1, 0.15) is 54.9 Å². The Morgan fingerprint density at radius 1 is 0.977 bits per heavy atom. The Labute approximate surface area is 249 Å². The summed E-state index contributed by atoms with van der Waals surface area (Å²) in [4.78, 5) is 79.1. The molecule has 2 N–H and O–H groups in total. The van der Waals surface area contributed by atoms with Gasteiger partial charge in [-0.2, -0.15) is 0 Å². The lowest BCUT2D eigenvalue weighted by atomic mass is 9.36. The van der Waals surface area contributed by atoms with Gasteiger partial charge in [0.1, 0.15) is 24.4 Å². The van der Waals surface area contributed by atoms with Crippen molar-refractivity contribution in [3.05, 3.63) is 23.3 Å². The number of hydrogen-bond acceptors (Lipinski definition) is 11. The van der Waals surface area contributed by atoms with E-state index in [9.17, 15) is 33.9 Å². The van der Waals surface area contributed by atoms with Gasteiger partial charge in [0.15, 0.2) is 11.9 Å². The fourth-order valence-corrected chi connectivity index (χ4v) is 9.30. The number of fused-ring (bicyclic) bond motifs is 2. The quantitative estimate of drug-likeness (QED) is 0.269. The Morgan fingerprint density at radius 2 is 1.56 bits per heavy atom. The van der Waals surface area contributed by atoms with E-state index in [0.29, 0.717) is 0 Å². The molecule has 0 aromatic heterocycles. The van der Waals surface area contributed by atoms with Gasteiger partial charge < -0.3 is 29.4 Å². The van der Waals surface area contributed by atoms with Crippen LogP contribution < -0.4 is 5.32 Å². The van der Waals surface area contributed by atoms with Crippen LogP contribution in [0.2, 0.25) is 0 Å². The molecule has 0 radical (unpaired) electrons. The number of carbonyl (C=O) groups excluding carboxylic acids is 6. The molecule has 3 fully saturated rings.